The van der Waals surface area contributed by atoms with E-state index < -0.39 is 0 Å². The average Bonchev–Trinajstić information content (AvgIpc) is 2.60. The molecule has 0 spiro atoms. The van der Waals surface area contributed by atoms with Crippen LogP contribution in [0.5, 0.6) is 0 Å². The molecule has 20 heavy (non-hydrogen) atoms. The van der Waals surface area contributed by atoms with Crippen LogP contribution in [-0.2, 0) is 12.8 Å². The van der Waals surface area contributed by atoms with Crippen molar-refractivity contribution in [2.75, 3.05) is 6.54 Å². The monoisotopic (exact) mass is 273 g/mol. The van der Waals surface area contributed by atoms with E-state index in [0.717, 1.165) is 11.1 Å². The summed E-state index contributed by atoms with van der Waals surface area (Å²) >= 11 is 0. The smallest absolute Gasteiger partial charge is 0.126 e. The lowest BCUT2D eigenvalue weighted by Gasteiger charge is -2.20. The normalized spacial score (nSPS) is 14.6. The Labute approximate surface area is 117 Å². The molecule has 104 valence electrons. The summed E-state index contributed by atoms with van der Waals surface area (Å²) in [6.45, 7) is 0.497. The van der Waals surface area contributed by atoms with Gasteiger partial charge < -0.3 is 5.73 Å². The number of halogens is 2. The van der Waals surface area contributed by atoms with Crippen LogP contribution in [0.2, 0.25) is 0 Å². The molecule has 3 heteroatoms. The predicted octanol–water partition coefficient (Wildman–Crippen LogP) is 3.54. The topological polar surface area (TPSA) is 26.0 Å². The van der Waals surface area contributed by atoms with Crippen molar-refractivity contribution in [3.8, 4) is 0 Å². The Bertz CT molecular complexity index is 583. The predicted molar refractivity (Wildman–Crippen MR) is 75.7 cm³/mol. The molecule has 0 unspecified atom stereocenters. The maximum absolute atomic E-state index is 14.1. The Hall–Kier alpha value is -1.74. The first-order valence-electron chi connectivity index (χ1n) is 6.97. The van der Waals surface area contributed by atoms with Gasteiger partial charge in [-0.05, 0) is 60.2 Å². The molecule has 1 nitrogen and oxygen atoms in total. The molecular formula is C17H17F2N. The summed E-state index contributed by atoms with van der Waals surface area (Å²) < 4.78 is 28.1. The minimum Gasteiger partial charge on any atom is -0.330 e. The average molecular weight is 273 g/mol. The summed E-state index contributed by atoms with van der Waals surface area (Å²) in [5, 5.41) is 0. The van der Waals surface area contributed by atoms with Gasteiger partial charge >= 0.3 is 0 Å². The van der Waals surface area contributed by atoms with E-state index in [2.05, 4.69) is 0 Å². The summed E-state index contributed by atoms with van der Waals surface area (Å²) in [5.74, 6) is -0.408. The Kier molecular flexibility index (Phi) is 3.53. The molecule has 0 atom stereocenters. The van der Waals surface area contributed by atoms with E-state index in [1.54, 1.807) is 12.1 Å². The van der Waals surface area contributed by atoms with Crippen molar-refractivity contribution in [1.29, 1.82) is 0 Å². The van der Waals surface area contributed by atoms with E-state index >= 15 is 0 Å². The molecule has 3 rings (SSSR count). The second-order valence-electron chi connectivity index (χ2n) is 5.25. The van der Waals surface area contributed by atoms with E-state index in [-0.39, 0.29) is 17.6 Å². The van der Waals surface area contributed by atoms with E-state index in [1.807, 2.05) is 12.1 Å². The van der Waals surface area contributed by atoms with Gasteiger partial charge in [-0.1, -0.05) is 24.3 Å². The van der Waals surface area contributed by atoms with Crippen molar-refractivity contribution in [3.63, 3.8) is 0 Å². The second-order valence-corrected chi connectivity index (χ2v) is 5.25. The first-order chi connectivity index (χ1) is 9.72. The van der Waals surface area contributed by atoms with Crippen molar-refractivity contribution < 1.29 is 8.78 Å². The van der Waals surface area contributed by atoms with Gasteiger partial charge in [0.1, 0.15) is 11.6 Å². The molecule has 1 aliphatic rings. The van der Waals surface area contributed by atoms with Crippen molar-refractivity contribution in [2.24, 2.45) is 5.73 Å². The van der Waals surface area contributed by atoms with Crippen LogP contribution in [0.4, 0.5) is 8.78 Å². The van der Waals surface area contributed by atoms with Crippen molar-refractivity contribution >= 4 is 0 Å². The number of hydrogen-bond acceptors (Lipinski definition) is 1. The minimum absolute atomic E-state index is 0.0149. The molecule has 0 saturated carbocycles. The van der Waals surface area contributed by atoms with Gasteiger partial charge in [0.15, 0.2) is 0 Å². The third-order valence-corrected chi connectivity index (χ3v) is 4.14. The van der Waals surface area contributed by atoms with Crippen molar-refractivity contribution in [1.82, 2.24) is 0 Å². The van der Waals surface area contributed by atoms with Crippen LogP contribution < -0.4 is 5.73 Å². The Morgan fingerprint density at radius 3 is 1.85 bits per heavy atom. The summed E-state index contributed by atoms with van der Waals surface area (Å²) in [6.07, 6.45) is 1.78. The summed E-state index contributed by atoms with van der Waals surface area (Å²) in [7, 11) is 0. The summed E-state index contributed by atoms with van der Waals surface area (Å²) in [6, 6.07) is 10.3. The molecule has 2 N–H and O–H groups in total. The third-order valence-electron chi connectivity index (χ3n) is 4.14. The zero-order chi connectivity index (χ0) is 14.1. The van der Waals surface area contributed by atoms with Crippen LogP contribution in [0.25, 0.3) is 0 Å². The molecule has 0 radical (unpaired) electrons. The molecule has 2 aromatic rings. The van der Waals surface area contributed by atoms with Crippen molar-refractivity contribution in [2.45, 2.75) is 25.2 Å². The van der Waals surface area contributed by atoms with E-state index in [0.29, 0.717) is 36.9 Å². The lowest BCUT2D eigenvalue weighted by Crippen LogP contribution is -2.11. The van der Waals surface area contributed by atoms with Crippen LogP contribution in [0.3, 0.4) is 0 Å². The lowest BCUT2D eigenvalue weighted by molar-refractivity contribution is 0.596. The van der Waals surface area contributed by atoms with E-state index in [9.17, 15) is 8.78 Å². The minimum atomic E-state index is -0.197. The first kappa shape index (κ1) is 13.3. The van der Waals surface area contributed by atoms with E-state index in [4.69, 9.17) is 5.73 Å². The second kappa shape index (κ2) is 5.33. The third kappa shape index (κ3) is 2.12. The van der Waals surface area contributed by atoms with Crippen LogP contribution in [-0.4, -0.2) is 6.54 Å². The van der Waals surface area contributed by atoms with Crippen LogP contribution in [0.1, 0.15) is 34.6 Å². The van der Waals surface area contributed by atoms with Gasteiger partial charge in [0.05, 0.1) is 0 Å². The summed E-state index contributed by atoms with van der Waals surface area (Å²) in [5.41, 5.74) is 9.05. The maximum atomic E-state index is 14.1. The fraction of sp³-hybridized carbons (Fsp3) is 0.294. The van der Waals surface area contributed by atoms with Gasteiger partial charge in [0.25, 0.3) is 0 Å². The van der Waals surface area contributed by atoms with Gasteiger partial charge in [-0.25, -0.2) is 8.78 Å². The Balaban J connectivity index is 2.21. The van der Waals surface area contributed by atoms with Gasteiger partial charge in [-0.15, -0.1) is 0 Å². The number of rotatable bonds is 2. The highest BCUT2D eigenvalue weighted by atomic mass is 19.1. The van der Waals surface area contributed by atoms with Crippen LogP contribution >= 0.6 is 0 Å². The first-order valence-corrected chi connectivity index (χ1v) is 6.97. The molecular weight excluding hydrogens is 256 g/mol. The standard InChI is InChI=1S/C17H17F2N/c18-16-5-1-3-11-13(9-10-20)12-4-2-6-17(19)15(12)8-7-14(11)16/h1-6,13H,7-10,20H2. The zero-order valence-corrected chi connectivity index (χ0v) is 11.2. The molecule has 0 heterocycles. The number of nitrogens with two attached hydrogens (primary N) is 1. The Morgan fingerprint density at radius 1 is 0.900 bits per heavy atom. The molecule has 0 aliphatic heterocycles. The number of benzene rings is 2. The highest BCUT2D eigenvalue weighted by Crippen LogP contribution is 2.37. The highest BCUT2D eigenvalue weighted by Gasteiger charge is 2.26. The quantitative estimate of drug-likeness (QED) is 0.889. The molecule has 0 amide bonds. The molecule has 2 aromatic carbocycles. The highest BCUT2D eigenvalue weighted by molar-refractivity contribution is 5.45. The van der Waals surface area contributed by atoms with E-state index in [1.165, 1.54) is 12.1 Å². The fourth-order valence-corrected chi connectivity index (χ4v) is 3.23. The van der Waals surface area contributed by atoms with Gasteiger partial charge in [-0.3, -0.25) is 0 Å². The molecule has 0 aromatic heterocycles. The molecule has 0 saturated heterocycles. The SMILES string of the molecule is NCCC1c2cccc(F)c2CCc2c(F)cccc21. The van der Waals surface area contributed by atoms with Gasteiger partial charge in [0, 0.05) is 5.92 Å². The van der Waals surface area contributed by atoms with Crippen LogP contribution in [0, 0.1) is 11.6 Å². The van der Waals surface area contributed by atoms with Crippen LogP contribution in [0.15, 0.2) is 36.4 Å². The number of hydrogen-bond donors (Lipinski definition) is 1. The molecule has 0 fully saturated rings. The Morgan fingerprint density at radius 2 is 1.40 bits per heavy atom. The van der Waals surface area contributed by atoms with Gasteiger partial charge in [0.2, 0.25) is 0 Å². The number of fused-ring (bicyclic) bond motifs is 2. The maximum Gasteiger partial charge on any atom is 0.126 e. The molecule has 1 aliphatic carbocycles. The van der Waals surface area contributed by atoms with Gasteiger partial charge in [-0.2, -0.15) is 0 Å². The fourth-order valence-electron chi connectivity index (χ4n) is 3.23. The van der Waals surface area contributed by atoms with Crippen molar-refractivity contribution in [3.05, 3.63) is 70.3 Å². The zero-order valence-electron chi connectivity index (χ0n) is 11.2. The largest absolute Gasteiger partial charge is 0.330 e. The lowest BCUT2D eigenvalue weighted by atomic mass is 9.85. The molecule has 0 bridgehead atoms. The summed E-state index contributed by atoms with van der Waals surface area (Å²) in [4.78, 5) is 0.